The first-order valence-electron chi connectivity index (χ1n) is 14.9. The molecule has 2 aliphatic heterocycles. The molecular formula is C35H30N2O9. The topological polar surface area (TPSA) is 162 Å². The predicted octanol–water partition coefficient (Wildman–Crippen LogP) is 4.24. The highest BCUT2D eigenvalue weighted by Crippen LogP contribution is 2.64. The van der Waals surface area contributed by atoms with Crippen LogP contribution in [0.2, 0.25) is 0 Å². The Morgan fingerprint density at radius 3 is 2.24 bits per heavy atom. The largest absolute Gasteiger partial charge is 0.507 e. The average molecular weight is 623 g/mol. The molecule has 3 fully saturated rings. The molecule has 6 unspecified atom stereocenters. The summed E-state index contributed by atoms with van der Waals surface area (Å²) in [5.41, 5.74) is 0.156. The number of aromatic carboxylic acids is 1. The second kappa shape index (κ2) is 10.3. The van der Waals surface area contributed by atoms with Gasteiger partial charge in [0.15, 0.2) is 11.5 Å². The van der Waals surface area contributed by atoms with Gasteiger partial charge >= 0.3 is 5.97 Å². The molecule has 0 aromatic heterocycles. The van der Waals surface area contributed by atoms with Crippen molar-refractivity contribution in [2.45, 2.75) is 25.7 Å². The van der Waals surface area contributed by atoms with Gasteiger partial charge in [0.1, 0.15) is 11.3 Å². The summed E-state index contributed by atoms with van der Waals surface area (Å²) in [6.45, 7) is 1.76. The van der Waals surface area contributed by atoms with Gasteiger partial charge in [-0.25, -0.2) is 14.6 Å². The summed E-state index contributed by atoms with van der Waals surface area (Å²) in [6.07, 6.45) is 2.23. The summed E-state index contributed by atoms with van der Waals surface area (Å²) in [7, 11) is 1.42. The van der Waals surface area contributed by atoms with Gasteiger partial charge in [0.05, 0.1) is 41.7 Å². The SMILES string of the molecule is COc1ccc(C2C3=CCC4C(=O)N(c5ccc(C(=O)O)c(O)c5)C(=O)C4C3CC3C(=O)N(c4ccccc4)C(=O)C32C)cc1O. The maximum absolute atomic E-state index is 14.4. The number of anilines is 2. The van der Waals surface area contributed by atoms with Gasteiger partial charge in [-0.15, -0.1) is 0 Å². The van der Waals surface area contributed by atoms with Crippen LogP contribution < -0.4 is 14.5 Å². The number of nitrogens with zero attached hydrogens (tertiary/aromatic N) is 2. The van der Waals surface area contributed by atoms with Gasteiger partial charge in [0, 0.05) is 12.0 Å². The van der Waals surface area contributed by atoms with Gasteiger partial charge in [-0.1, -0.05) is 35.9 Å². The van der Waals surface area contributed by atoms with Gasteiger partial charge in [0.2, 0.25) is 23.6 Å². The van der Waals surface area contributed by atoms with Crippen molar-refractivity contribution in [3.8, 4) is 17.2 Å². The molecule has 2 heterocycles. The van der Waals surface area contributed by atoms with E-state index < -0.39 is 64.4 Å². The maximum Gasteiger partial charge on any atom is 0.339 e. The second-order valence-corrected chi connectivity index (χ2v) is 12.4. The molecule has 234 valence electrons. The van der Waals surface area contributed by atoms with Crippen molar-refractivity contribution >= 4 is 41.0 Å². The Kier molecular flexibility index (Phi) is 6.55. The first-order chi connectivity index (χ1) is 22.0. The number of imide groups is 2. The number of benzene rings is 3. The number of amides is 4. The number of phenols is 2. The van der Waals surface area contributed by atoms with Crippen LogP contribution in [0.15, 0.2) is 78.4 Å². The Balaban J connectivity index is 1.35. The Bertz CT molecular complexity index is 1890. The number of phenolic OH excluding ortho intramolecular Hbond substituents is 1. The van der Waals surface area contributed by atoms with Crippen LogP contribution in [0.3, 0.4) is 0 Å². The molecule has 2 saturated heterocycles. The summed E-state index contributed by atoms with van der Waals surface area (Å²) in [6, 6.07) is 17.0. The summed E-state index contributed by atoms with van der Waals surface area (Å²) < 4.78 is 5.25. The molecule has 1 saturated carbocycles. The first kappa shape index (κ1) is 29.3. The minimum atomic E-state index is -1.35. The number of para-hydroxylation sites is 1. The molecule has 7 rings (SSSR count). The van der Waals surface area contributed by atoms with Crippen molar-refractivity contribution in [2.24, 2.45) is 29.1 Å². The molecule has 0 radical (unpaired) electrons. The number of carboxylic acid groups (broad SMARTS) is 1. The predicted molar refractivity (Wildman–Crippen MR) is 163 cm³/mol. The van der Waals surface area contributed by atoms with Gasteiger partial charge in [0.25, 0.3) is 0 Å². The van der Waals surface area contributed by atoms with Crippen molar-refractivity contribution < 1.29 is 44.0 Å². The van der Waals surface area contributed by atoms with Gasteiger partial charge < -0.3 is 20.1 Å². The van der Waals surface area contributed by atoms with Crippen LogP contribution in [0, 0.1) is 29.1 Å². The third-order valence-electron chi connectivity index (χ3n) is 10.3. The Morgan fingerprint density at radius 2 is 1.59 bits per heavy atom. The number of hydrogen-bond acceptors (Lipinski definition) is 8. The van der Waals surface area contributed by atoms with E-state index in [0.29, 0.717) is 11.3 Å². The number of carbonyl (C=O) groups is 5. The zero-order chi connectivity index (χ0) is 32.7. The highest BCUT2D eigenvalue weighted by Gasteiger charge is 2.67. The normalized spacial score (nSPS) is 28.5. The molecule has 11 nitrogen and oxygen atoms in total. The lowest BCUT2D eigenvalue weighted by Gasteiger charge is -2.49. The highest BCUT2D eigenvalue weighted by molar-refractivity contribution is 6.25. The minimum absolute atomic E-state index is 0.0492. The first-order valence-corrected chi connectivity index (χ1v) is 14.9. The quantitative estimate of drug-likeness (QED) is 0.279. The number of carboxylic acids is 1. The maximum atomic E-state index is 14.4. The lowest BCUT2D eigenvalue weighted by molar-refractivity contribution is -0.131. The number of rotatable bonds is 5. The number of ether oxygens (including phenoxy) is 1. The Hall–Kier alpha value is -5.45. The van der Waals surface area contributed by atoms with Crippen molar-refractivity contribution in [1.29, 1.82) is 0 Å². The van der Waals surface area contributed by atoms with Crippen LogP contribution in [0.5, 0.6) is 17.2 Å². The lowest BCUT2D eigenvalue weighted by Crippen LogP contribution is -2.48. The lowest BCUT2D eigenvalue weighted by atomic mass is 9.51. The van der Waals surface area contributed by atoms with Gasteiger partial charge in [-0.05, 0) is 67.6 Å². The van der Waals surface area contributed by atoms with E-state index in [4.69, 9.17) is 4.74 Å². The molecule has 2 aliphatic carbocycles. The third-order valence-corrected chi connectivity index (χ3v) is 10.3. The fraction of sp³-hybridized carbons (Fsp3) is 0.286. The number of carbonyl (C=O) groups excluding carboxylic acids is 4. The Labute approximate surface area is 263 Å². The van der Waals surface area contributed by atoms with Crippen LogP contribution >= 0.6 is 0 Å². The number of fused-ring (bicyclic) bond motifs is 4. The van der Waals surface area contributed by atoms with E-state index in [9.17, 15) is 39.3 Å². The zero-order valence-electron chi connectivity index (χ0n) is 24.9. The van der Waals surface area contributed by atoms with Crippen molar-refractivity contribution in [1.82, 2.24) is 0 Å². The molecule has 4 aliphatic rings. The highest BCUT2D eigenvalue weighted by atomic mass is 16.5. The molecule has 11 heteroatoms. The molecule has 46 heavy (non-hydrogen) atoms. The van der Waals surface area contributed by atoms with Crippen LogP contribution in [-0.4, -0.2) is 52.0 Å². The molecule has 3 aromatic carbocycles. The van der Waals surface area contributed by atoms with Crippen molar-refractivity contribution in [2.75, 3.05) is 16.9 Å². The van der Waals surface area contributed by atoms with Crippen molar-refractivity contribution in [3.63, 3.8) is 0 Å². The van der Waals surface area contributed by atoms with E-state index in [-0.39, 0.29) is 41.5 Å². The molecule has 4 amide bonds. The second-order valence-electron chi connectivity index (χ2n) is 12.4. The number of methoxy groups -OCH3 is 1. The summed E-state index contributed by atoms with van der Waals surface area (Å²) in [5.74, 6) is -7.40. The van der Waals surface area contributed by atoms with Crippen LogP contribution in [0.1, 0.15) is 41.6 Å². The monoisotopic (exact) mass is 622 g/mol. The Morgan fingerprint density at radius 1 is 0.848 bits per heavy atom. The van der Waals surface area contributed by atoms with Crippen molar-refractivity contribution in [3.05, 3.63) is 89.5 Å². The smallest absolute Gasteiger partial charge is 0.339 e. The standard InChI is InChI=1S/C35H30N2O9/c1-35-24(31(41)37(34(35)45)18-6-4-3-5-7-18)16-23-20(29(35)17-8-13-27(46-2)26(39)14-17)11-12-22-28(23)32(42)36(30(22)40)19-9-10-21(33(43)44)25(38)15-19/h3-11,13-15,22-24,28-29,38-39H,12,16H2,1-2H3,(H,43,44). The van der Waals surface area contributed by atoms with Gasteiger partial charge in [-0.3, -0.25) is 19.2 Å². The molecular weight excluding hydrogens is 592 g/mol. The zero-order valence-corrected chi connectivity index (χ0v) is 24.9. The number of allylic oxidation sites excluding steroid dienone is 2. The van der Waals surface area contributed by atoms with E-state index in [1.54, 1.807) is 49.4 Å². The molecule has 0 bridgehead atoms. The van der Waals surface area contributed by atoms with E-state index in [1.807, 2.05) is 6.08 Å². The minimum Gasteiger partial charge on any atom is -0.507 e. The van der Waals surface area contributed by atoms with E-state index in [0.717, 1.165) is 22.6 Å². The third kappa shape index (κ3) is 3.93. The van der Waals surface area contributed by atoms with E-state index in [1.165, 1.54) is 24.1 Å². The summed E-state index contributed by atoms with van der Waals surface area (Å²) >= 11 is 0. The summed E-state index contributed by atoms with van der Waals surface area (Å²) in [5, 5.41) is 30.4. The van der Waals surface area contributed by atoms with E-state index in [2.05, 4.69) is 0 Å². The number of aromatic hydroxyl groups is 2. The number of hydrogen-bond donors (Lipinski definition) is 3. The molecule has 6 atom stereocenters. The molecule has 3 N–H and O–H groups in total. The van der Waals surface area contributed by atoms with Crippen LogP contribution in [0.25, 0.3) is 0 Å². The summed E-state index contributed by atoms with van der Waals surface area (Å²) in [4.78, 5) is 70.2. The molecule has 3 aromatic rings. The van der Waals surface area contributed by atoms with Gasteiger partial charge in [-0.2, -0.15) is 0 Å². The van der Waals surface area contributed by atoms with Crippen LogP contribution in [-0.2, 0) is 19.2 Å². The fourth-order valence-corrected chi connectivity index (χ4v) is 8.20. The molecule has 0 spiro atoms. The van der Waals surface area contributed by atoms with E-state index >= 15 is 0 Å². The fourth-order valence-electron chi connectivity index (χ4n) is 8.20. The van der Waals surface area contributed by atoms with Crippen LogP contribution in [0.4, 0.5) is 11.4 Å². The average Bonchev–Trinajstić information content (AvgIpc) is 3.40.